The van der Waals surface area contributed by atoms with Crippen LogP contribution in [0.15, 0.2) is 0 Å². The number of terminal acetylenes is 1. The number of rotatable bonds is 2. The first-order chi connectivity index (χ1) is 5.72. The van der Waals surface area contributed by atoms with Crippen molar-refractivity contribution in [1.82, 2.24) is 4.72 Å². The summed E-state index contributed by atoms with van der Waals surface area (Å²) in [5.41, 5.74) is -0.453. The lowest BCUT2D eigenvalue weighted by Gasteiger charge is -2.22. The van der Waals surface area contributed by atoms with Crippen molar-refractivity contribution in [3.8, 4) is 12.3 Å². The van der Waals surface area contributed by atoms with Crippen molar-refractivity contribution in [2.75, 3.05) is 0 Å². The highest BCUT2D eigenvalue weighted by atomic mass is 32.2. The van der Waals surface area contributed by atoms with Gasteiger partial charge in [-0.2, -0.15) is 0 Å². The molecule has 1 aliphatic rings. The summed E-state index contributed by atoms with van der Waals surface area (Å²) in [5, 5.41) is 0. The molecule has 1 saturated carbocycles. The Morgan fingerprint density at radius 1 is 1.38 bits per heavy atom. The van der Waals surface area contributed by atoms with Gasteiger partial charge in [0.2, 0.25) is 10.0 Å². The maximum absolute atomic E-state index is 11.7. The minimum Gasteiger partial charge on any atom is -0.211 e. The van der Waals surface area contributed by atoms with E-state index in [4.69, 9.17) is 6.42 Å². The quantitative estimate of drug-likeness (QED) is 0.674. The van der Waals surface area contributed by atoms with E-state index < -0.39 is 20.3 Å². The van der Waals surface area contributed by atoms with E-state index >= 15 is 0 Å². The molecule has 0 radical (unpaired) electrons. The minimum absolute atomic E-state index is 0.453. The minimum atomic E-state index is -3.34. The number of nitrogens with one attached hydrogen (secondary N) is 1. The van der Waals surface area contributed by atoms with E-state index in [-0.39, 0.29) is 0 Å². The van der Waals surface area contributed by atoms with Crippen LogP contribution in [0.25, 0.3) is 0 Å². The molecule has 74 valence electrons. The molecule has 3 nitrogen and oxygen atoms in total. The van der Waals surface area contributed by atoms with Gasteiger partial charge in [-0.25, -0.2) is 13.1 Å². The molecule has 4 heteroatoms. The zero-order valence-electron chi connectivity index (χ0n) is 8.22. The highest BCUT2D eigenvalue weighted by Crippen LogP contribution is 2.42. The van der Waals surface area contributed by atoms with Gasteiger partial charge in [-0.05, 0) is 33.6 Å². The van der Waals surface area contributed by atoms with Gasteiger partial charge in [0.15, 0.2) is 0 Å². The third-order valence-corrected chi connectivity index (χ3v) is 4.36. The van der Waals surface area contributed by atoms with Crippen molar-refractivity contribution in [2.24, 2.45) is 0 Å². The molecule has 0 aromatic carbocycles. The van der Waals surface area contributed by atoms with Crippen LogP contribution in [0.5, 0.6) is 0 Å². The molecule has 1 fully saturated rings. The molecule has 0 aliphatic heterocycles. The molecular weight excluding hydrogens is 186 g/mol. The number of hydrogen-bond donors (Lipinski definition) is 1. The van der Waals surface area contributed by atoms with E-state index in [1.807, 2.05) is 0 Å². The molecule has 1 N–H and O–H groups in total. The van der Waals surface area contributed by atoms with Crippen LogP contribution in [0, 0.1) is 12.3 Å². The number of sulfonamides is 1. The first-order valence-corrected chi connectivity index (χ1v) is 5.72. The first kappa shape index (κ1) is 10.6. The Balaban J connectivity index is 2.87. The fourth-order valence-electron chi connectivity index (χ4n) is 1.10. The molecule has 0 amide bonds. The zero-order chi connectivity index (χ0) is 10.3. The molecule has 1 aliphatic carbocycles. The van der Waals surface area contributed by atoms with E-state index in [2.05, 4.69) is 10.6 Å². The summed E-state index contributed by atoms with van der Waals surface area (Å²) < 4.78 is 25.1. The second-order valence-electron chi connectivity index (χ2n) is 4.49. The maximum atomic E-state index is 11.7. The van der Waals surface area contributed by atoms with Crippen molar-refractivity contribution < 1.29 is 8.42 Å². The SMILES string of the molecule is C#CC1(S(=O)(=O)NC(C)(C)C)CC1. The van der Waals surface area contributed by atoms with Gasteiger partial charge in [0.25, 0.3) is 0 Å². The van der Waals surface area contributed by atoms with Gasteiger partial charge in [-0.1, -0.05) is 5.92 Å². The van der Waals surface area contributed by atoms with Crippen molar-refractivity contribution in [3.05, 3.63) is 0 Å². The molecule has 0 heterocycles. The van der Waals surface area contributed by atoms with E-state index in [1.54, 1.807) is 20.8 Å². The highest BCUT2D eigenvalue weighted by Gasteiger charge is 2.54. The molecule has 0 aromatic heterocycles. The van der Waals surface area contributed by atoms with Gasteiger partial charge < -0.3 is 0 Å². The van der Waals surface area contributed by atoms with E-state index in [0.717, 1.165) is 0 Å². The molecule has 0 saturated heterocycles. The molecular formula is C9H15NO2S. The van der Waals surface area contributed by atoms with Crippen LogP contribution in [0.3, 0.4) is 0 Å². The Bertz CT molecular complexity index is 339. The normalized spacial score (nSPS) is 20.8. The third-order valence-electron chi connectivity index (χ3n) is 1.92. The molecule has 0 bridgehead atoms. The second-order valence-corrected chi connectivity index (χ2v) is 6.49. The average molecular weight is 201 g/mol. The van der Waals surface area contributed by atoms with Gasteiger partial charge in [0, 0.05) is 5.54 Å². The van der Waals surface area contributed by atoms with E-state index in [0.29, 0.717) is 12.8 Å². The van der Waals surface area contributed by atoms with E-state index in [9.17, 15) is 8.42 Å². The van der Waals surface area contributed by atoms with Crippen LogP contribution in [0.4, 0.5) is 0 Å². The Hall–Kier alpha value is -0.530. The summed E-state index contributed by atoms with van der Waals surface area (Å²) in [6.07, 6.45) is 6.36. The van der Waals surface area contributed by atoms with Crippen LogP contribution in [-0.4, -0.2) is 18.7 Å². The summed E-state index contributed by atoms with van der Waals surface area (Å²) in [6.45, 7) is 5.41. The fraction of sp³-hybridized carbons (Fsp3) is 0.778. The molecule has 0 unspecified atom stereocenters. The lowest BCUT2D eigenvalue weighted by Crippen LogP contribution is -2.46. The van der Waals surface area contributed by atoms with Crippen LogP contribution < -0.4 is 4.72 Å². The van der Waals surface area contributed by atoms with Crippen LogP contribution in [0.1, 0.15) is 33.6 Å². The summed E-state index contributed by atoms with van der Waals surface area (Å²) in [7, 11) is -3.34. The van der Waals surface area contributed by atoms with Gasteiger partial charge in [-0.3, -0.25) is 0 Å². The standard InChI is InChI=1S/C9H15NO2S/c1-5-9(6-7-9)13(11,12)10-8(2,3)4/h1,10H,6-7H2,2-4H3. The van der Waals surface area contributed by atoms with Gasteiger partial charge in [0.05, 0.1) is 0 Å². The number of hydrogen-bond acceptors (Lipinski definition) is 2. The molecule has 13 heavy (non-hydrogen) atoms. The lowest BCUT2D eigenvalue weighted by molar-refractivity contribution is 0.487. The molecule has 0 atom stereocenters. The Labute approximate surface area is 80.0 Å². The summed E-state index contributed by atoms with van der Waals surface area (Å²) in [4.78, 5) is 0. The topological polar surface area (TPSA) is 46.2 Å². The summed E-state index contributed by atoms with van der Waals surface area (Å²) in [5.74, 6) is 2.36. The lowest BCUT2D eigenvalue weighted by atomic mass is 10.1. The highest BCUT2D eigenvalue weighted by molar-refractivity contribution is 7.91. The summed E-state index contributed by atoms with van der Waals surface area (Å²) >= 11 is 0. The van der Waals surface area contributed by atoms with Gasteiger partial charge in [0.1, 0.15) is 4.75 Å². The van der Waals surface area contributed by atoms with Crippen molar-refractivity contribution in [1.29, 1.82) is 0 Å². The van der Waals surface area contributed by atoms with Crippen molar-refractivity contribution in [3.63, 3.8) is 0 Å². The predicted octanol–water partition coefficient (Wildman–Crippen LogP) is 0.870. The molecule has 0 spiro atoms. The maximum Gasteiger partial charge on any atom is 0.229 e. The van der Waals surface area contributed by atoms with Crippen LogP contribution >= 0.6 is 0 Å². The Morgan fingerprint density at radius 2 is 1.85 bits per heavy atom. The predicted molar refractivity (Wildman–Crippen MR) is 52.6 cm³/mol. The van der Waals surface area contributed by atoms with Crippen LogP contribution in [0.2, 0.25) is 0 Å². The van der Waals surface area contributed by atoms with Crippen LogP contribution in [-0.2, 0) is 10.0 Å². The third kappa shape index (κ3) is 2.04. The van der Waals surface area contributed by atoms with Gasteiger partial charge in [-0.15, -0.1) is 6.42 Å². The van der Waals surface area contributed by atoms with Crippen molar-refractivity contribution >= 4 is 10.0 Å². The fourth-order valence-corrected chi connectivity index (χ4v) is 2.90. The largest absolute Gasteiger partial charge is 0.229 e. The summed E-state index contributed by atoms with van der Waals surface area (Å²) in [6, 6.07) is 0. The molecule has 0 aromatic rings. The first-order valence-electron chi connectivity index (χ1n) is 4.24. The zero-order valence-corrected chi connectivity index (χ0v) is 9.03. The Morgan fingerprint density at radius 3 is 2.08 bits per heavy atom. The van der Waals surface area contributed by atoms with E-state index in [1.165, 1.54) is 0 Å². The smallest absolute Gasteiger partial charge is 0.211 e. The monoisotopic (exact) mass is 201 g/mol. The van der Waals surface area contributed by atoms with Gasteiger partial charge >= 0.3 is 0 Å². The second kappa shape index (κ2) is 2.73. The Kier molecular flexibility index (Phi) is 2.21. The average Bonchev–Trinajstić information content (AvgIpc) is 2.59. The van der Waals surface area contributed by atoms with Crippen molar-refractivity contribution in [2.45, 2.75) is 43.9 Å². The molecule has 1 rings (SSSR count).